The molecule has 1 atom stereocenters. The summed E-state index contributed by atoms with van der Waals surface area (Å²) in [6, 6.07) is 7.98. The van der Waals surface area contributed by atoms with Crippen LogP contribution in [0.1, 0.15) is 64.4 Å². The molecule has 1 aromatic carbocycles. The van der Waals surface area contributed by atoms with E-state index in [9.17, 15) is 9.59 Å². The summed E-state index contributed by atoms with van der Waals surface area (Å²) in [6.45, 7) is 16.5. The fourth-order valence-corrected chi connectivity index (χ4v) is 3.18. The number of rotatable bonds is 3. The van der Waals surface area contributed by atoms with Crippen molar-refractivity contribution in [3.05, 3.63) is 35.4 Å². The summed E-state index contributed by atoms with van der Waals surface area (Å²) in [5.74, 6) is -0.0582. The first-order valence-electron chi connectivity index (χ1n) is 9.97. The highest BCUT2D eigenvalue weighted by Crippen LogP contribution is 2.18. The van der Waals surface area contributed by atoms with Crippen molar-refractivity contribution in [3.8, 4) is 0 Å². The quantitative estimate of drug-likeness (QED) is 0.857. The molecule has 1 heterocycles. The Bertz CT molecular complexity index is 704. The van der Waals surface area contributed by atoms with Crippen LogP contribution in [-0.2, 0) is 11.3 Å². The van der Waals surface area contributed by atoms with Crippen molar-refractivity contribution in [2.45, 2.75) is 72.2 Å². The Hall–Kier alpha value is -2.08. The molecule has 1 saturated heterocycles. The first-order valence-corrected chi connectivity index (χ1v) is 9.97. The van der Waals surface area contributed by atoms with Crippen molar-refractivity contribution in [1.29, 1.82) is 0 Å². The zero-order valence-corrected chi connectivity index (χ0v) is 18.3. The van der Waals surface area contributed by atoms with Crippen molar-refractivity contribution in [3.63, 3.8) is 0 Å². The summed E-state index contributed by atoms with van der Waals surface area (Å²) in [5, 5.41) is 3.00. The first kappa shape index (κ1) is 22.2. The molecule has 0 radical (unpaired) electrons. The first-order chi connectivity index (χ1) is 12.8. The average molecular weight is 390 g/mol. The highest BCUT2D eigenvalue weighted by molar-refractivity contribution is 5.94. The lowest BCUT2D eigenvalue weighted by atomic mass is 10.1. The number of nitrogens with zero attached hydrogens (tertiary/aromatic N) is 2. The van der Waals surface area contributed by atoms with Crippen LogP contribution >= 0.6 is 0 Å². The van der Waals surface area contributed by atoms with E-state index in [1.165, 1.54) is 0 Å². The Labute approximate surface area is 169 Å². The van der Waals surface area contributed by atoms with Crippen LogP contribution in [0.2, 0.25) is 0 Å². The molecule has 1 fully saturated rings. The molecular formula is C22H35N3O3. The number of carbonyl (C=O) groups is 2. The third-order valence-corrected chi connectivity index (χ3v) is 4.48. The Morgan fingerprint density at radius 3 is 2.39 bits per heavy atom. The molecule has 0 aliphatic carbocycles. The standard InChI is InChI=1S/C22H35N3O3/c1-16-14-25(20(27)28-22(5,6)7)12-11-24(16)15-17-9-8-10-18(13-17)19(26)23-21(2,3)4/h8-10,13,16H,11-12,14-15H2,1-7H3,(H,23,26)/t16-/m1/s1. The van der Waals surface area contributed by atoms with Gasteiger partial charge in [0.25, 0.3) is 5.91 Å². The molecule has 156 valence electrons. The molecule has 1 aliphatic rings. The number of ether oxygens (including phenoxy) is 1. The SMILES string of the molecule is C[C@@H]1CN(C(=O)OC(C)(C)C)CCN1Cc1cccc(C(=O)NC(C)(C)C)c1. The van der Waals surface area contributed by atoms with Crippen LogP contribution < -0.4 is 5.32 Å². The number of benzene rings is 1. The molecule has 1 N–H and O–H groups in total. The summed E-state index contributed by atoms with van der Waals surface area (Å²) in [4.78, 5) is 28.8. The maximum Gasteiger partial charge on any atom is 0.410 e. The van der Waals surface area contributed by atoms with Crippen molar-refractivity contribution in [2.24, 2.45) is 0 Å². The Kier molecular flexibility index (Phi) is 6.75. The smallest absolute Gasteiger partial charge is 0.410 e. The van der Waals surface area contributed by atoms with Crippen LogP contribution in [0.15, 0.2) is 24.3 Å². The molecule has 0 bridgehead atoms. The number of hydrogen-bond donors (Lipinski definition) is 1. The molecule has 28 heavy (non-hydrogen) atoms. The van der Waals surface area contributed by atoms with Gasteiger partial charge in [-0.3, -0.25) is 9.69 Å². The topological polar surface area (TPSA) is 61.9 Å². The fourth-order valence-electron chi connectivity index (χ4n) is 3.18. The van der Waals surface area contributed by atoms with Gasteiger partial charge in [0.1, 0.15) is 5.60 Å². The van der Waals surface area contributed by atoms with Crippen LogP contribution in [0.25, 0.3) is 0 Å². The lowest BCUT2D eigenvalue weighted by molar-refractivity contribution is 0.00459. The van der Waals surface area contributed by atoms with Crippen molar-refractivity contribution in [1.82, 2.24) is 15.1 Å². The van der Waals surface area contributed by atoms with E-state index in [0.29, 0.717) is 18.7 Å². The zero-order valence-electron chi connectivity index (χ0n) is 18.3. The van der Waals surface area contributed by atoms with Crippen LogP contribution in [0.3, 0.4) is 0 Å². The molecule has 0 spiro atoms. The minimum atomic E-state index is -0.481. The molecule has 0 saturated carbocycles. The predicted molar refractivity (Wildman–Crippen MR) is 111 cm³/mol. The Morgan fingerprint density at radius 2 is 1.82 bits per heavy atom. The number of carbonyl (C=O) groups excluding carboxylic acids is 2. The van der Waals surface area contributed by atoms with E-state index in [1.807, 2.05) is 65.8 Å². The van der Waals surface area contributed by atoms with E-state index in [0.717, 1.165) is 18.7 Å². The van der Waals surface area contributed by atoms with Gasteiger partial charge >= 0.3 is 6.09 Å². The summed E-state index contributed by atoms with van der Waals surface area (Å²) >= 11 is 0. The van der Waals surface area contributed by atoms with Crippen LogP contribution in [0.5, 0.6) is 0 Å². The fraction of sp³-hybridized carbons (Fsp3) is 0.636. The molecule has 1 aromatic rings. The van der Waals surface area contributed by atoms with E-state index in [2.05, 4.69) is 17.1 Å². The van der Waals surface area contributed by atoms with E-state index < -0.39 is 5.60 Å². The number of amides is 2. The van der Waals surface area contributed by atoms with Crippen LogP contribution in [0, 0.1) is 0 Å². The minimum Gasteiger partial charge on any atom is -0.444 e. The molecule has 2 amide bonds. The van der Waals surface area contributed by atoms with Crippen molar-refractivity contribution < 1.29 is 14.3 Å². The Balaban J connectivity index is 1.97. The summed E-state index contributed by atoms with van der Waals surface area (Å²) < 4.78 is 5.48. The van der Waals surface area contributed by atoms with E-state index >= 15 is 0 Å². The maximum atomic E-state index is 12.4. The summed E-state index contributed by atoms with van der Waals surface area (Å²) in [5.41, 5.74) is 1.03. The molecule has 0 aromatic heterocycles. The number of nitrogens with one attached hydrogen (secondary N) is 1. The predicted octanol–water partition coefficient (Wildman–Crippen LogP) is 3.66. The monoisotopic (exact) mass is 389 g/mol. The van der Waals surface area contributed by atoms with Gasteiger partial charge in [0.15, 0.2) is 0 Å². The lowest BCUT2D eigenvalue weighted by Gasteiger charge is -2.40. The van der Waals surface area contributed by atoms with Crippen molar-refractivity contribution >= 4 is 12.0 Å². The van der Waals surface area contributed by atoms with Gasteiger partial charge < -0.3 is 15.0 Å². The average Bonchev–Trinajstić information content (AvgIpc) is 2.54. The van der Waals surface area contributed by atoms with Gasteiger partial charge in [-0.05, 0) is 66.2 Å². The normalized spacial score (nSPS) is 18.7. The molecule has 2 rings (SSSR count). The van der Waals surface area contributed by atoms with E-state index in [-0.39, 0.29) is 23.6 Å². The third-order valence-electron chi connectivity index (χ3n) is 4.48. The minimum absolute atomic E-state index is 0.0582. The zero-order chi connectivity index (χ0) is 21.1. The van der Waals surface area contributed by atoms with Crippen LogP contribution in [0.4, 0.5) is 4.79 Å². The highest BCUT2D eigenvalue weighted by Gasteiger charge is 2.29. The van der Waals surface area contributed by atoms with Gasteiger partial charge in [0, 0.05) is 43.3 Å². The van der Waals surface area contributed by atoms with Crippen LogP contribution in [-0.4, -0.2) is 58.6 Å². The molecule has 6 heteroatoms. The third kappa shape index (κ3) is 6.82. The van der Waals surface area contributed by atoms with Gasteiger partial charge in [-0.15, -0.1) is 0 Å². The molecule has 6 nitrogen and oxygen atoms in total. The van der Waals surface area contributed by atoms with Gasteiger partial charge in [0.2, 0.25) is 0 Å². The summed E-state index contributed by atoms with van der Waals surface area (Å²) in [6.07, 6.45) is -0.250. The van der Waals surface area contributed by atoms with E-state index in [1.54, 1.807) is 4.90 Å². The number of piperazine rings is 1. The van der Waals surface area contributed by atoms with Gasteiger partial charge in [0.05, 0.1) is 0 Å². The van der Waals surface area contributed by atoms with Crippen molar-refractivity contribution in [2.75, 3.05) is 19.6 Å². The lowest BCUT2D eigenvalue weighted by Crippen LogP contribution is -2.54. The largest absolute Gasteiger partial charge is 0.444 e. The molecule has 1 aliphatic heterocycles. The maximum absolute atomic E-state index is 12.4. The second-order valence-corrected chi connectivity index (χ2v) is 9.65. The molecule has 0 unspecified atom stereocenters. The molecular weight excluding hydrogens is 354 g/mol. The second-order valence-electron chi connectivity index (χ2n) is 9.65. The number of hydrogen-bond acceptors (Lipinski definition) is 4. The van der Waals surface area contributed by atoms with Gasteiger partial charge in [-0.2, -0.15) is 0 Å². The van der Waals surface area contributed by atoms with Gasteiger partial charge in [-0.25, -0.2) is 4.79 Å². The second kappa shape index (κ2) is 8.52. The summed E-state index contributed by atoms with van der Waals surface area (Å²) in [7, 11) is 0. The van der Waals surface area contributed by atoms with E-state index in [4.69, 9.17) is 4.74 Å². The Morgan fingerprint density at radius 1 is 1.14 bits per heavy atom. The highest BCUT2D eigenvalue weighted by atomic mass is 16.6. The van der Waals surface area contributed by atoms with Gasteiger partial charge in [-0.1, -0.05) is 12.1 Å².